The number of furan rings is 1. The summed E-state index contributed by atoms with van der Waals surface area (Å²) in [6.45, 7) is 2.53. The van der Waals surface area contributed by atoms with E-state index in [1.807, 2.05) is 30.3 Å². The zero-order valence-electron chi connectivity index (χ0n) is 17.3. The first-order valence-electron chi connectivity index (χ1n) is 11.2. The molecule has 4 aliphatic carbocycles. The second-order valence-corrected chi connectivity index (χ2v) is 9.81. The number of carbonyl (C=O) groups excluding carboxylic acids is 1. The summed E-state index contributed by atoms with van der Waals surface area (Å²) >= 11 is 0. The van der Waals surface area contributed by atoms with Crippen molar-refractivity contribution in [1.82, 2.24) is 10.6 Å². The highest BCUT2D eigenvalue weighted by Gasteiger charge is 2.53. The van der Waals surface area contributed by atoms with Crippen molar-refractivity contribution in [3.05, 3.63) is 60.1 Å². The Kier molecular flexibility index (Phi) is 4.99. The second kappa shape index (κ2) is 7.64. The van der Waals surface area contributed by atoms with Crippen LogP contribution in [0.3, 0.4) is 0 Å². The molecular formula is C25H32N2O2. The van der Waals surface area contributed by atoms with E-state index in [2.05, 4.69) is 29.7 Å². The van der Waals surface area contributed by atoms with Gasteiger partial charge in [0.15, 0.2) is 0 Å². The van der Waals surface area contributed by atoms with Crippen molar-refractivity contribution in [3.63, 3.8) is 0 Å². The lowest BCUT2D eigenvalue weighted by atomic mass is 9.48. The van der Waals surface area contributed by atoms with Gasteiger partial charge in [0, 0.05) is 6.04 Å². The molecule has 4 fully saturated rings. The van der Waals surface area contributed by atoms with E-state index < -0.39 is 0 Å². The fourth-order valence-electron chi connectivity index (χ4n) is 6.83. The highest BCUT2D eigenvalue weighted by Crippen LogP contribution is 2.61. The molecule has 1 aromatic heterocycles. The van der Waals surface area contributed by atoms with Gasteiger partial charge >= 0.3 is 0 Å². The summed E-state index contributed by atoms with van der Waals surface area (Å²) in [4.78, 5) is 12.8. The molecule has 4 bridgehead atoms. The first kappa shape index (κ1) is 18.9. The molecule has 4 heteroatoms. The van der Waals surface area contributed by atoms with Gasteiger partial charge in [-0.2, -0.15) is 0 Å². The lowest BCUT2D eigenvalue weighted by molar-refractivity contribution is -0.125. The quantitative estimate of drug-likeness (QED) is 0.719. The van der Waals surface area contributed by atoms with E-state index in [9.17, 15) is 4.79 Å². The summed E-state index contributed by atoms with van der Waals surface area (Å²) in [5.41, 5.74) is 1.44. The van der Waals surface area contributed by atoms with E-state index in [-0.39, 0.29) is 24.5 Å². The molecule has 6 rings (SSSR count). The molecule has 4 nitrogen and oxygen atoms in total. The highest BCUT2D eigenvalue weighted by molar-refractivity contribution is 5.78. The molecule has 1 heterocycles. The molecule has 1 aromatic carbocycles. The number of carbonyl (C=O) groups is 1. The molecule has 0 aliphatic heterocycles. The maximum atomic E-state index is 12.8. The van der Waals surface area contributed by atoms with Crippen LogP contribution in [0.25, 0.3) is 0 Å². The molecule has 0 unspecified atom stereocenters. The number of benzene rings is 1. The van der Waals surface area contributed by atoms with E-state index in [0.717, 1.165) is 29.1 Å². The number of hydrogen-bond donors (Lipinski definition) is 2. The van der Waals surface area contributed by atoms with E-state index in [4.69, 9.17) is 4.42 Å². The summed E-state index contributed by atoms with van der Waals surface area (Å²) in [5.74, 6) is 3.62. The van der Waals surface area contributed by atoms with Crippen molar-refractivity contribution in [2.24, 2.45) is 23.2 Å². The Labute approximate surface area is 173 Å². The molecular weight excluding hydrogens is 360 g/mol. The Hall–Kier alpha value is -2.07. The molecule has 4 aliphatic rings. The average Bonchev–Trinajstić information content (AvgIpc) is 3.22. The van der Waals surface area contributed by atoms with E-state index >= 15 is 0 Å². The fourth-order valence-corrected chi connectivity index (χ4v) is 6.83. The largest absolute Gasteiger partial charge is 0.467 e. The predicted octanol–water partition coefficient (Wildman–Crippen LogP) is 4.68. The maximum Gasteiger partial charge on any atom is 0.234 e. The number of amides is 1. The summed E-state index contributed by atoms with van der Waals surface area (Å²) in [5, 5.41) is 6.77. The van der Waals surface area contributed by atoms with Gasteiger partial charge < -0.3 is 9.73 Å². The smallest absolute Gasteiger partial charge is 0.234 e. The summed E-state index contributed by atoms with van der Waals surface area (Å²) in [6.07, 6.45) is 9.92. The molecule has 1 amide bonds. The fraction of sp³-hybridized carbons (Fsp3) is 0.560. The van der Waals surface area contributed by atoms with Gasteiger partial charge in [0.25, 0.3) is 0 Å². The van der Waals surface area contributed by atoms with Crippen molar-refractivity contribution >= 4 is 5.91 Å². The molecule has 0 spiro atoms. The lowest BCUT2D eigenvalue weighted by Gasteiger charge is -2.59. The van der Waals surface area contributed by atoms with Crippen LogP contribution in [0.1, 0.15) is 62.8 Å². The molecule has 2 N–H and O–H groups in total. The molecule has 2 aromatic rings. The minimum absolute atomic E-state index is 0.0840. The molecule has 29 heavy (non-hydrogen) atoms. The van der Waals surface area contributed by atoms with Crippen LogP contribution in [0, 0.1) is 23.2 Å². The predicted molar refractivity (Wildman–Crippen MR) is 113 cm³/mol. The van der Waals surface area contributed by atoms with Crippen LogP contribution >= 0.6 is 0 Å². The van der Waals surface area contributed by atoms with Crippen LogP contribution in [0.5, 0.6) is 0 Å². The van der Waals surface area contributed by atoms with Crippen molar-refractivity contribution < 1.29 is 9.21 Å². The zero-order chi connectivity index (χ0) is 19.8. The van der Waals surface area contributed by atoms with Gasteiger partial charge in [-0.15, -0.1) is 0 Å². The molecule has 4 saturated carbocycles. The van der Waals surface area contributed by atoms with Crippen LogP contribution in [-0.2, 0) is 4.79 Å². The first-order valence-corrected chi connectivity index (χ1v) is 11.2. The van der Waals surface area contributed by atoms with Gasteiger partial charge in [0.2, 0.25) is 5.91 Å². The average molecular weight is 393 g/mol. The van der Waals surface area contributed by atoms with E-state index in [1.54, 1.807) is 6.26 Å². The number of nitrogens with one attached hydrogen (secondary N) is 2. The van der Waals surface area contributed by atoms with Crippen LogP contribution < -0.4 is 10.6 Å². The Morgan fingerprint density at radius 2 is 1.69 bits per heavy atom. The topological polar surface area (TPSA) is 54.3 Å². The van der Waals surface area contributed by atoms with Crippen LogP contribution in [0.4, 0.5) is 0 Å². The van der Waals surface area contributed by atoms with Crippen LogP contribution in [-0.4, -0.2) is 18.5 Å². The van der Waals surface area contributed by atoms with Gasteiger partial charge in [0.1, 0.15) is 5.76 Å². The molecule has 154 valence electrons. The molecule has 0 saturated heterocycles. The van der Waals surface area contributed by atoms with Gasteiger partial charge in [-0.05, 0) is 86.3 Å². The Morgan fingerprint density at radius 1 is 1.03 bits per heavy atom. The summed E-state index contributed by atoms with van der Waals surface area (Å²) in [7, 11) is 0. The van der Waals surface area contributed by atoms with Gasteiger partial charge in [0.05, 0.1) is 18.8 Å². The second-order valence-electron chi connectivity index (χ2n) is 9.81. The summed E-state index contributed by atoms with van der Waals surface area (Å²) < 4.78 is 5.63. The molecule has 0 radical (unpaired) electrons. The monoisotopic (exact) mass is 392 g/mol. The van der Waals surface area contributed by atoms with Gasteiger partial charge in [-0.1, -0.05) is 30.3 Å². The van der Waals surface area contributed by atoms with Crippen molar-refractivity contribution in [1.29, 1.82) is 0 Å². The zero-order valence-corrected chi connectivity index (χ0v) is 17.3. The molecule has 2 atom stereocenters. The van der Waals surface area contributed by atoms with Crippen molar-refractivity contribution in [3.8, 4) is 0 Å². The third kappa shape index (κ3) is 3.75. The Morgan fingerprint density at radius 3 is 2.28 bits per heavy atom. The number of hydrogen-bond acceptors (Lipinski definition) is 3. The Balaban J connectivity index is 1.22. The standard InChI is InChI=1S/C25H32N2O2/c1-17(25-13-18-10-19(14-25)12-20(11-18)15-25)27-23(28)16-26-24(22-8-5-9-29-22)21-6-3-2-4-7-21/h2-9,17-20,24,26H,10-16H2,1H3,(H,27,28)/t17-,18?,19?,20?,24-,25?/m1/s1. The van der Waals surface area contributed by atoms with Gasteiger partial charge in [-0.25, -0.2) is 0 Å². The van der Waals surface area contributed by atoms with E-state index in [1.165, 1.54) is 38.5 Å². The lowest BCUT2D eigenvalue weighted by Crippen LogP contribution is -2.56. The third-order valence-electron chi connectivity index (χ3n) is 7.81. The minimum atomic E-state index is -0.119. The van der Waals surface area contributed by atoms with Gasteiger partial charge in [-0.3, -0.25) is 10.1 Å². The maximum absolute atomic E-state index is 12.8. The van der Waals surface area contributed by atoms with Crippen molar-refractivity contribution in [2.45, 2.75) is 57.5 Å². The third-order valence-corrected chi connectivity index (χ3v) is 7.81. The highest BCUT2D eigenvalue weighted by atomic mass is 16.3. The minimum Gasteiger partial charge on any atom is -0.467 e. The number of rotatable bonds is 7. The Bertz CT molecular complexity index is 794. The normalized spacial score (nSPS) is 32.1. The summed E-state index contributed by atoms with van der Waals surface area (Å²) in [6, 6.07) is 14.2. The van der Waals surface area contributed by atoms with Crippen LogP contribution in [0.15, 0.2) is 53.1 Å². The van der Waals surface area contributed by atoms with E-state index in [0.29, 0.717) is 5.41 Å². The SMILES string of the molecule is C[C@@H](NC(=O)CN[C@H](c1ccccc1)c1ccco1)C12CC3CC(CC(C3)C1)C2. The first-order chi connectivity index (χ1) is 14.1. The van der Waals surface area contributed by atoms with Crippen LogP contribution in [0.2, 0.25) is 0 Å². The van der Waals surface area contributed by atoms with Crippen molar-refractivity contribution in [2.75, 3.05) is 6.54 Å².